The van der Waals surface area contributed by atoms with Gasteiger partial charge in [-0.05, 0) is 75.1 Å². The lowest BCUT2D eigenvalue weighted by Gasteiger charge is -2.31. The Hall–Kier alpha value is -2.94. The van der Waals surface area contributed by atoms with E-state index in [2.05, 4.69) is 5.32 Å². The molecule has 9 heteroatoms. The first-order valence-corrected chi connectivity index (χ1v) is 13.0. The van der Waals surface area contributed by atoms with Crippen molar-refractivity contribution in [2.75, 3.05) is 13.7 Å². The van der Waals surface area contributed by atoms with Crippen molar-refractivity contribution < 1.29 is 28.5 Å². The van der Waals surface area contributed by atoms with E-state index < -0.39 is 5.25 Å². The highest BCUT2D eigenvalue weighted by Gasteiger charge is 2.50. The second-order valence-corrected chi connectivity index (χ2v) is 10.6. The van der Waals surface area contributed by atoms with E-state index in [0.29, 0.717) is 29.1 Å². The number of benzene rings is 1. The number of fused-ring (bicyclic) bond motifs is 1. The molecule has 186 valence electrons. The molecule has 1 fully saturated rings. The third kappa shape index (κ3) is 5.34. The summed E-state index contributed by atoms with van der Waals surface area (Å²) in [6, 6.07) is 4.86. The van der Waals surface area contributed by atoms with Crippen LogP contribution in [-0.2, 0) is 16.1 Å². The van der Waals surface area contributed by atoms with Crippen LogP contribution in [0.15, 0.2) is 29.7 Å². The first-order valence-electron chi connectivity index (χ1n) is 12.1. The Balaban J connectivity index is 1.51. The summed E-state index contributed by atoms with van der Waals surface area (Å²) in [5.41, 5.74) is 1.86. The number of urea groups is 1. The van der Waals surface area contributed by atoms with E-state index in [9.17, 15) is 19.2 Å². The number of methoxy groups -OCH3 is 1. The molecule has 1 aliphatic carbocycles. The van der Waals surface area contributed by atoms with Gasteiger partial charge in [-0.1, -0.05) is 0 Å². The van der Waals surface area contributed by atoms with Crippen molar-refractivity contribution in [1.29, 1.82) is 0 Å². The van der Waals surface area contributed by atoms with Gasteiger partial charge < -0.3 is 10.1 Å². The van der Waals surface area contributed by atoms with Gasteiger partial charge in [-0.15, -0.1) is 11.8 Å². The zero-order valence-corrected chi connectivity index (χ0v) is 21.2. The van der Waals surface area contributed by atoms with Gasteiger partial charge in [0.1, 0.15) is 30.8 Å². The normalized spacial score (nSPS) is 24.1. The predicted molar refractivity (Wildman–Crippen MR) is 134 cm³/mol. The smallest absolute Gasteiger partial charge is 0.496 e. The second-order valence-electron chi connectivity index (χ2n) is 9.63. The number of aldehydes is 1. The largest absolute Gasteiger partial charge is 0.501 e. The van der Waals surface area contributed by atoms with Gasteiger partial charge in [0.2, 0.25) is 5.91 Å². The van der Waals surface area contributed by atoms with E-state index in [1.54, 1.807) is 29.9 Å². The van der Waals surface area contributed by atoms with E-state index >= 15 is 0 Å². The number of hydrogen-bond acceptors (Lipinski definition) is 6. The van der Waals surface area contributed by atoms with E-state index in [1.165, 1.54) is 16.7 Å². The highest BCUT2D eigenvalue weighted by molar-refractivity contribution is 8.04. The van der Waals surface area contributed by atoms with E-state index in [-0.39, 0.29) is 42.3 Å². The lowest BCUT2D eigenvalue weighted by atomic mass is 9.81. The number of ether oxygens (including phenoxy) is 1. The Labute approximate surface area is 209 Å². The quantitative estimate of drug-likeness (QED) is 0.436. The second kappa shape index (κ2) is 10.8. The fraction of sp³-hybridized carbons (Fsp3) is 0.500. The molecule has 1 aromatic carbocycles. The van der Waals surface area contributed by atoms with Crippen LogP contribution in [0.3, 0.4) is 0 Å². The van der Waals surface area contributed by atoms with Crippen molar-refractivity contribution >= 4 is 41.6 Å². The van der Waals surface area contributed by atoms with Crippen LogP contribution >= 0.6 is 11.8 Å². The minimum atomic E-state index is -0.457. The first kappa shape index (κ1) is 25.2. The predicted octanol–water partition coefficient (Wildman–Crippen LogP) is 3.38. The lowest BCUT2D eigenvalue weighted by Crippen LogP contribution is -2.56. The molecule has 0 radical (unpaired) electrons. The molecule has 1 unspecified atom stereocenters. The Bertz CT molecular complexity index is 1090. The number of imide groups is 1. The van der Waals surface area contributed by atoms with Crippen LogP contribution in [0.1, 0.15) is 55.5 Å². The number of carbonyl (C=O) groups excluding carboxylic acids is 4. The molecule has 1 atom stereocenters. The molecule has 4 amide bonds. The van der Waals surface area contributed by atoms with E-state index in [4.69, 9.17) is 4.74 Å². The topological polar surface area (TPSA) is 95.8 Å². The Morgan fingerprint density at radius 1 is 1.26 bits per heavy atom. The summed E-state index contributed by atoms with van der Waals surface area (Å²) >= 11 is 1.40. The molecule has 4 rings (SSSR count). The minimum Gasteiger partial charge on any atom is -0.496 e. The van der Waals surface area contributed by atoms with Crippen molar-refractivity contribution in [1.82, 2.24) is 10.2 Å². The molecular formula is C26H32N3O5S+. The Morgan fingerprint density at radius 3 is 2.66 bits per heavy atom. The maximum atomic E-state index is 13.6. The van der Waals surface area contributed by atoms with Gasteiger partial charge in [0, 0.05) is 23.1 Å². The fourth-order valence-corrected chi connectivity index (χ4v) is 5.98. The molecule has 35 heavy (non-hydrogen) atoms. The molecule has 0 spiro atoms. The molecule has 8 nitrogen and oxygen atoms in total. The standard InChI is InChI=1S/C26H31N3O5S/c1-16(2)27-24(31)19-7-4-17(5-8-19)13-29-25(32)23-21(10-11-35-23)28(26(29)33)14-20-12-18(15-30)6-9-22(20)34-3/h6,9-12,15-17,19,23H,4-5,7-8,13-14H2,1-3H3/p+1. The summed E-state index contributed by atoms with van der Waals surface area (Å²) in [6.45, 7) is 4.46. The maximum Gasteiger partial charge on any atom is 0.501 e. The van der Waals surface area contributed by atoms with E-state index in [1.807, 2.05) is 25.3 Å². The molecule has 2 aliphatic heterocycles. The van der Waals surface area contributed by atoms with Crippen molar-refractivity contribution in [2.24, 2.45) is 11.8 Å². The van der Waals surface area contributed by atoms with Crippen molar-refractivity contribution in [3.63, 3.8) is 0 Å². The Kier molecular flexibility index (Phi) is 7.74. The number of nitrogens with zero attached hydrogens (tertiary/aromatic N) is 2. The number of nitrogens with one attached hydrogen (secondary N) is 1. The van der Waals surface area contributed by atoms with Crippen LogP contribution < -0.4 is 10.1 Å². The summed E-state index contributed by atoms with van der Waals surface area (Å²) in [6.07, 6.45) is 5.70. The highest BCUT2D eigenvalue weighted by atomic mass is 32.2. The monoisotopic (exact) mass is 498 g/mol. The van der Waals surface area contributed by atoms with Gasteiger partial charge >= 0.3 is 11.9 Å². The fourth-order valence-electron chi connectivity index (χ4n) is 5.01. The number of allylic oxidation sites excluding steroid dienone is 1. The maximum absolute atomic E-state index is 13.6. The number of rotatable bonds is 8. The van der Waals surface area contributed by atoms with Crippen molar-refractivity contribution in [2.45, 2.75) is 57.4 Å². The SMILES string of the molecule is COc1ccc(C=O)cc1C[N+]1=C2C=CSC2C(=O)N(CC2CCC(C(=O)NC(C)C)CC2)C1=O. The van der Waals surface area contributed by atoms with Crippen LogP contribution in [0.4, 0.5) is 4.79 Å². The molecule has 2 heterocycles. The highest BCUT2D eigenvalue weighted by Crippen LogP contribution is 2.33. The molecule has 1 saturated carbocycles. The van der Waals surface area contributed by atoms with E-state index in [0.717, 1.165) is 32.0 Å². The molecule has 0 aromatic heterocycles. The molecule has 1 aromatic rings. The van der Waals surface area contributed by atoms with Crippen molar-refractivity contribution in [3.8, 4) is 5.75 Å². The number of thioether (sulfide) groups is 1. The number of carbonyl (C=O) groups is 4. The van der Waals surface area contributed by atoms with Gasteiger partial charge in [0.15, 0.2) is 5.25 Å². The lowest BCUT2D eigenvalue weighted by molar-refractivity contribution is -0.454. The molecule has 0 bridgehead atoms. The Morgan fingerprint density at radius 2 is 2.00 bits per heavy atom. The zero-order valence-electron chi connectivity index (χ0n) is 20.4. The van der Waals surface area contributed by atoms with Crippen molar-refractivity contribution in [3.05, 3.63) is 40.8 Å². The van der Waals surface area contributed by atoms with Gasteiger partial charge in [0.05, 0.1) is 7.11 Å². The van der Waals surface area contributed by atoms with Gasteiger partial charge in [-0.2, -0.15) is 14.3 Å². The van der Waals surface area contributed by atoms with Gasteiger partial charge in [-0.25, -0.2) is 4.79 Å². The minimum absolute atomic E-state index is 0.00927. The van der Waals surface area contributed by atoms with Crippen LogP contribution in [0.2, 0.25) is 0 Å². The zero-order chi connectivity index (χ0) is 25.1. The van der Waals surface area contributed by atoms with Crippen LogP contribution in [-0.4, -0.2) is 64.3 Å². The molecule has 0 saturated heterocycles. The van der Waals surface area contributed by atoms with Crippen LogP contribution in [0.5, 0.6) is 5.75 Å². The molecular weight excluding hydrogens is 466 g/mol. The summed E-state index contributed by atoms with van der Waals surface area (Å²) < 4.78 is 7.08. The number of hydrogen-bond donors (Lipinski definition) is 1. The molecule has 3 aliphatic rings. The average Bonchev–Trinajstić information content (AvgIpc) is 3.34. The number of amides is 4. The first-order chi connectivity index (χ1) is 16.8. The summed E-state index contributed by atoms with van der Waals surface area (Å²) in [7, 11) is 1.55. The summed E-state index contributed by atoms with van der Waals surface area (Å²) in [5, 5.41) is 4.37. The van der Waals surface area contributed by atoms with Crippen LogP contribution in [0, 0.1) is 11.8 Å². The van der Waals surface area contributed by atoms with Gasteiger partial charge in [0.25, 0.3) is 0 Å². The summed E-state index contributed by atoms with van der Waals surface area (Å²) in [5.74, 6) is 0.641. The third-order valence-electron chi connectivity index (χ3n) is 6.84. The average molecular weight is 499 g/mol. The van der Waals surface area contributed by atoms with Gasteiger partial charge in [-0.3, -0.25) is 9.59 Å². The van der Waals surface area contributed by atoms with Crippen LogP contribution in [0.25, 0.3) is 0 Å². The third-order valence-corrected chi connectivity index (χ3v) is 7.85. The molecule has 1 N–H and O–H groups in total. The summed E-state index contributed by atoms with van der Waals surface area (Å²) in [4.78, 5) is 51.9.